The molecule has 9 heteroatoms. The molecule has 0 aliphatic rings. The maximum atomic E-state index is 11.4. The molecule has 20 heavy (non-hydrogen) atoms. The number of carbonyl (C=O) groups is 3. The summed E-state index contributed by atoms with van der Waals surface area (Å²) in [6, 6.07) is 0. The zero-order chi connectivity index (χ0) is 15.3. The predicted octanol–water partition coefficient (Wildman–Crippen LogP) is -3.33. The molecule has 0 fully saturated rings. The van der Waals surface area contributed by atoms with Crippen molar-refractivity contribution in [1.29, 1.82) is 0 Å². The van der Waals surface area contributed by atoms with E-state index >= 15 is 0 Å². The van der Waals surface area contributed by atoms with E-state index in [1.54, 1.807) is 0 Å². The Labute approximate surface area is 146 Å². The summed E-state index contributed by atoms with van der Waals surface area (Å²) in [6.45, 7) is 0.535. The fourth-order valence-electron chi connectivity index (χ4n) is 1.18. The van der Waals surface area contributed by atoms with E-state index in [-0.39, 0.29) is 44.3 Å². The van der Waals surface area contributed by atoms with Crippen molar-refractivity contribution in [3.05, 3.63) is 0 Å². The van der Waals surface area contributed by atoms with Crippen molar-refractivity contribution < 1.29 is 38.9 Å². The van der Waals surface area contributed by atoms with Gasteiger partial charge in [0.15, 0.2) is 0 Å². The minimum absolute atomic E-state index is 0. The fraction of sp³-hybridized carbons (Fsp3) is 0.727. The average molecular weight is 319 g/mol. The van der Waals surface area contributed by atoms with Gasteiger partial charge in [-0.2, -0.15) is 0 Å². The number of rotatable bonds is 8. The SMILES string of the molecule is C[N+](C)(C)CCOC(=O)CC(O)(CC(=O)O)C(=O)[O-].[CaH2]. The van der Waals surface area contributed by atoms with Gasteiger partial charge in [0.2, 0.25) is 0 Å². The molecule has 0 saturated heterocycles. The molecule has 0 saturated carbocycles. The van der Waals surface area contributed by atoms with Crippen LogP contribution in [0.15, 0.2) is 0 Å². The van der Waals surface area contributed by atoms with Crippen molar-refractivity contribution in [3.63, 3.8) is 0 Å². The van der Waals surface area contributed by atoms with Gasteiger partial charge in [-0.25, -0.2) is 0 Å². The van der Waals surface area contributed by atoms with Gasteiger partial charge in [-0.05, 0) is 0 Å². The number of nitrogens with zero attached hydrogens (tertiary/aromatic N) is 1. The van der Waals surface area contributed by atoms with Crippen LogP contribution in [0.25, 0.3) is 0 Å². The van der Waals surface area contributed by atoms with Crippen LogP contribution in [0.2, 0.25) is 0 Å². The fourth-order valence-corrected chi connectivity index (χ4v) is 1.18. The van der Waals surface area contributed by atoms with Crippen LogP contribution >= 0.6 is 0 Å². The molecule has 0 aromatic heterocycles. The summed E-state index contributed by atoms with van der Waals surface area (Å²) in [4.78, 5) is 32.5. The molecule has 1 atom stereocenters. The minimum atomic E-state index is -2.75. The number of carboxylic acid groups (broad SMARTS) is 2. The van der Waals surface area contributed by atoms with Gasteiger partial charge in [0.1, 0.15) is 18.8 Å². The number of aliphatic carboxylic acids is 2. The van der Waals surface area contributed by atoms with Gasteiger partial charge < -0.3 is 29.3 Å². The number of likely N-dealkylation sites (N-methyl/N-ethyl adjacent to an activating group) is 1. The molecule has 114 valence electrons. The molecule has 0 aromatic carbocycles. The Morgan fingerprint density at radius 2 is 1.70 bits per heavy atom. The van der Waals surface area contributed by atoms with E-state index in [0.717, 1.165) is 0 Å². The number of aliphatic hydroxyl groups is 1. The van der Waals surface area contributed by atoms with Gasteiger partial charge in [0.25, 0.3) is 0 Å². The number of carbonyl (C=O) groups excluding carboxylic acids is 2. The Hall–Kier alpha value is -0.410. The number of ether oxygens (including phenoxy) is 1. The molecule has 0 radical (unpaired) electrons. The van der Waals surface area contributed by atoms with E-state index < -0.39 is 36.4 Å². The van der Waals surface area contributed by atoms with Crippen LogP contribution in [0.4, 0.5) is 0 Å². The summed E-state index contributed by atoms with van der Waals surface area (Å²) in [5, 5.41) is 28.7. The normalized spacial score (nSPS) is 13.8. The Morgan fingerprint density at radius 1 is 1.20 bits per heavy atom. The first-order valence-electron chi connectivity index (χ1n) is 5.58. The predicted molar refractivity (Wildman–Crippen MR) is 69.2 cm³/mol. The van der Waals surface area contributed by atoms with Gasteiger partial charge in [-0.15, -0.1) is 0 Å². The van der Waals surface area contributed by atoms with Crippen LogP contribution in [0, 0.1) is 0 Å². The average Bonchev–Trinajstić information content (AvgIpc) is 2.12. The first kappa shape index (κ1) is 21.9. The molecule has 0 aliphatic heterocycles. The van der Waals surface area contributed by atoms with Crippen LogP contribution in [-0.4, -0.2) is 110 Å². The van der Waals surface area contributed by atoms with Crippen molar-refractivity contribution in [2.75, 3.05) is 34.3 Å². The standard InChI is InChI=1S/C11H19NO7.Ca.2H/c1-12(2,3)4-5-19-9(15)7-11(18,10(16)17)6-8(13)14;;;/h18H,4-7H2,1-3H3,(H-,13,14,16,17);;;. The first-order chi connectivity index (χ1) is 8.46. The monoisotopic (exact) mass is 319 g/mol. The topological polar surface area (TPSA) is 124 Å². The van der Waals surface area contributed by atoms with Crippen LogP contribution in [0.1, 0.15) is 12.8 Å². The van der Waals surface area contributed by atoms with Crippen molar-refractivity contribution >= 4 is 55.6 Å². The summed E-state index contributed by atoms with van der Waals surface area (Å²) in [6.07, 6.45) is -2.08. The molecule has 0 aromatic rings. The quantitative estimate of drug-likeness (QED) is 0.272. The van der Waals surface area contributed by atoms with Crippen LogP contribution in [-0.2, 0) is 19.1 Å². The molecule has 8 nitrogen and oxygen atoms in total. The molecular formula is C11H21CaNO7. The molecule has 2 N–H and O–H groups in total. The first-order valence-corrected chi connectivity index (χ1v) is 5.58. The zero-order valence-corrected chi connectivity index (χ0v) is 11.2. The third-order valence-corrected chi connectivity index (χ3v) is 2.29. The summed E-state index contributed by atoms with van der Waals surface area (Å²) in [7, 11) is 5.61. The summed E-state index contributed by atoms with van der Waals surface area (Å²) < 4.78 is 5.28. The Morgan fingerprint density at radius 3 is 2.05 bits per heavy atom. The second-order valence-corrected chi connectivity index (χ2v) is 5.30. The van der Waals surface area contributed by atoms with Gasteiger partial charge in [-0.1, -0.05) is 0 Å². The van der Waals surface area contributed by atoms with E-state index in [4.69, 9.17) is 9.84 Å². The second-order valence-electron chi connectivity index (χ2n) is 5.30. The van der Waals surface area contributed by atoms with Gasteiger partial charge >= 0.3 is 49.7 Å². The van der Waals surface area contributed by atoms with E-state index in [1.165, 1.54) is 0 Å². The molecule has 0 amide bonds. The molecule has 0 spiro atoms. The van der Waals surface area contributed by atoms with Gasteiger partial charge in [0.05, 0.1) is 40.0 Å². The number of carboxylic acids is 2. The van der Waals surface area contributed by atoms with E-state index in [9.17, 15) is 24.6 Å². The van der Waals surface area contributed by atoms with Gasteiger partial charge in [-0.3, -0.25) is 9.59 Å². The van der Waals surface area contributed by atoms with Crippen molar-refractivity contribution in [1.82, 2.24) is 0 Å². The number of esters is 1. The van der Waals surface area contributed by atoms with Crippen LogP contribution in [0.3, 0.4) is 0 Å². The summed E-state index contributed by atoms with van der Waals surface area (Å²) >= 11 is 0. The summed E-state index contributed by atoms with van der Waals surface area (Å²) in [5.41, 5.74) is -2.75. The van der Waals surface area contributed by atoms with E-state index in [1.807, 2.05) is 21.1 Å². The zero-order valence-electron chi connectivity index (χ0n) is 11.2. The molecule has 0 bridgehead atoms. The molecule has 0 rings (SSSR count). The number of quaternary nitrogens is 1. The third kappa shape index (κ3) is 9.49. The maximum absolute atomic E-state index is 11.4. The van der Waals surface area contributed by atoms with Crippen LogP contribution in [0.5, 0.6) is 0 Å². The van der Waals surface area contributed by atoms with E-state index in [2.05, 4.69) is 0 Å². The Kier molecular flexibility index (Phi) is 9.61. The number of hydrogen-bond acceptors (Lipinski definition) is 6. The van der Waals surface area contributed by atoms with Crippen molar-refractivity contribution in [2.24, 2.45) is 0 Å². The van der Waals surface area contributed by atoms with Gasteiger partial charge in [0, 0.05) is 0 Å². The van der Waals surface area contributed by atoms with E-state index in [0.29, 0.717) is 11.0 Å². The Bertz CT molecular complexity index is 366. The van der Waals surface area contributed by atoms with Crippen molar-refractivity contribution in [3.8, 4) is 0 Å². The molecule has 0 aliphatic carbocycles. The third-order valence-electron chi connectivity index (χ3n) is 2.29. The summed E-state index contributed by atoms with van der Waals surface area (Å²) in [5.74, 6) is -4.55. The Balaban J connectivity index is 0. The number of hydrogen-bond donors (Lipinski definition) is 2. The van der Waals surface area contributed by atoms with Crippen molar-refractivity contribution in [2.45, 2.75) is 18.4 Å². The molecule has 0 heterocycles. The van der Waals surface area contributed by atoms with Crippen LogP contribution < -0.4 is 5.11 Å². The molecule has 1 unspecified atom stereocenters. The second kappa shape index (κ2) is 8.78. The molecular weight excluding hydrogens is 298 g/mol.